The van der Waals surface area contributed by atoms with E-state index < -0.39 is 0 Å². The maximum atomic E-state index is 11.9. The Morgan fingerprint density at radius 2 is 1.48 bits per heavy atom. The summed E-state index contributed by atoms with van der Waals surface area (Å²) in [5, 5.41) is 8.68. The van der Waals surface area contributed by atoms with Crippen molar-refractivity contribution >= 4 is 28.9 Å². The molecule has 0 unspecified atom stereocenters. The number of para-hydroxylation sites is 1. The lowest BCUT2D eigenvalue weighted by Gasteiger charge is -2.10. The highest BCUT2D eigenvalue weighted by atomic mass is 16.2. The summed E-state index contributed by atoms with van der Waals surface area (Å²) in [5.74, 6) is -0.136. The molecule has 0 radical (unpaired) electrons. The van der Waals surface area contributed by atoms with Crippen LogP contribution in [0.1, 0.15) is 19.8 Å². The molecule has 0 aliphatic heterocycles. The molecule has 0 atom stereocenters. The molecule has 2 rings (SSSR count). The van der Waals surface area contributed by atoms with Gasteiger partial charge in [-0.1, -0.05) is 31.2 Å². The third kappa shape index (κ3) is 5.82. The van der Waals surface area contributed by atoms with Crippen LogP contribution in [0, 0.1) is 0 Å². The summed E-state index contributed by atoms with van der Waals surface area (Å²) in [5.41, 5.74) is 2.26. The van der Waals surface area contributed by atoms with Crippen LogP contribution in [0.15, 0.2) is 54.6 Å². The first-order valence-electron chi connectivity index (χ1n) is 7.66. The quantitative estimate of drug-likeness (QED) is 0.733. The zero-order chi connectivity index (χ0) is 16.5. The molecular weight excluding hydrogens is 290 g/mol. The average Bonchev–Trinajstić information content (AvgIpc) is 2.54. The number of benzene rings is 2. The summed E-state index contributed by atoms with van der Waals surface area (Å²) < 4.78 is 0. The number of amides is 2. The van der Waals surface area contributed by atoms with Crippen molar-refractivity contribution in [2.45, 2.75) is 19.8 Å². The Morgan fingerprint density at radius 3 is 2.22 bits per heavy atom. The Hall–Kier alpha value is -2.82. The zero-order valence-corrected chi connectivity index (χ0v) is 13.1. The zero-order valence-electron chi connectivity index (χ0n) is 13.1. The number of hydrogen-bond acceptors (Lipinski definition) is 3. The number of nitrogens with one attached hydrogen (secondary N) is 3. The van der Waals surface area contributed by atoms with Gasteiger partial charge in [-0.25, -0.2) is 0 Å². The molecular formula is C18H21N3O2. The highest BCUT2D eigenvalue weighted by molar-refractivity contribution is 5.94. The summed E-state index contributed by atoms with van der Waals surface area (Å²) in [6.07, 6.45) is 1.31. The highest BCUT2D eigenvalue weighted by Gasteiger charge is 2.04. The van der Waals surface area contributed by atoms with E-state index in [1.807, 2.05) is 61.5 Å². The topological polar surface area (TPSA) is 70.2 Å². The first kappa shape index (κ1) is 16.5. The van der Waals surface area contributed by atoms with Gasteiger partial charge in [0.2, 0.25) is 11.8 Å². The van der Waals surface area contributed by atoms with Crippen molar-refractivity contribution in [3.8, 4) is 0 Å². The van der Waals surface area contributed by atoms with Gasteiger partial charge >= 0.3 is 0 Å². The summed E-state index contributed by atoms with van der Waals surface area (Å²) in [6.45, 7) is 2.12. The maximum absolute atomic E-state index is 11.9. The lowest BCUT2D eigenvalue weighted by atomic mass is 10.2. The number of anilines is 3. The monoisotopic (exact) mass is 311 g/mol. The van der Waals surface area contributed by atoms with E-state index in [9.17, 15) is 9.59 Å². The van der Waals surface area contributed by atoms with Gasteiger partial charge in [0.1, 0.15) is 0 Å². The molecule has 0 aliphatic rings. The molecule has 2 aromatic carbocycles. The second-order valence-electron chi connectivity index (χ2n) is 5.15. The second-order valence-corrected chi connectivity index (χ2v) is 5.15. The maximum Gasteiger partial charge on any atom is 0.243 e. The smallest absolute Gasteiger partial charge is 0.243 e. The van der Waals surface area contributed by atoms with E-state index in [0.29, 0.717) is 6.42 Å². The van der Waals surface area contributed by atoms with Crippen LogP contribution in [0.3, 0.4) is 0 Å². The minimum absolute atomic E-state index is 0.00790. The summed E-state index contributed by atoms with van der Waals surface area (Å²) in [7, 11) is 0. The van der Waals surface area contributed by atoms with E-state index in [1.165, 1.54) is 0 Å². The lowest BCUT2D eigenvalue weighted by molar-refractivity contribution is -0.116. The molecule has 2 aromatic rings. The van der Waals surface area contributed by atoms with Crippen molar-refractivity contribution < 1.29 is 9.59 Å². The summed E-state index contributed by atoms with van der Waals surface area (Å²) in [6, 6.07) is 16.6. The van der Waals surface area contributed by atoms with Gasteiger partial charge in [0.25, 0.3) is 0 Å². The Balaban J connectivity index is 1.85. The van der Waals surface area contributed by atoms with Crippen molar-refractivity contribution in [1.29, 1.82) is 0 Å². The van der Waals surface area contributed by atoms with E-state index in [0.717, 1.165) is 23.5 Å². The van der Waals surface area contributed by atoms with E-state index in [1.54, 1.807) is 0 Å². The average molecular weight is 311 g/mol. The van der Waals surface area contributed by atoms with Crippen LogP contribution < -0.4 is 16.0 Å². The Morgan fingerprint density at radius 1 is 0.826 bits per heavy atom. The fourth-order valence-corrected chi connectivity index (χ4v) is 2.07. The van der Waals surface area contributed by atoms with Crippen molar-refractivity contribution in [1.82, 2.24) is 0 Å². The molecule has 0 heterocycles. The largest absolute Gasteiger partial charge is 0.376 e. The normalized spacial score (nSPS) is 9.96. The van der Waals surface area contributed by atoms with Crippen molar-refractivity contribution in [2.75, 3.05) is 22.5 Å². The molecule has 0 aliphatic carbocycles. The molecule has 23 heavy (non-hydrogen) atoms. The number of hydrogen-bond donors (Lipinski definition) is 3. The predicted octanol–water partition coefficient (Wildman–Crippen LogP) is 3.48. The second kappa shape index (κ2) is 8.58. The van der Waals surface area contributed by atoms with Gasteiger partial charge in [0.05, 0.1) is 6.54 Å². The van der Waals surface area contributed by atoms with Gasteiger partial charge in [0.15, 0.2) is 0 Å². The molecule has 3 N–H and O–H groups in total. The van der Waals surface area contributed by atoms with Gasteiger partial charge in [0, 0.05) is 23.5 Å². The number of carbonyl (C=O) groups is 2. The van der Waals surface area contributed by atoms with E-state index in [2.05, 4.69) is 16.0 Å². The highest BCUT2D eigenvalue weighted by Crippen LogP contribution is 2.15. The van der Waals surface area contributed by atoms with Crippen LogP contribution in [0.25, 0.3) is 0 Å². The third-order valence-electron chi connectivity index (χ3n) is 3.13. The third-order valence-corrected chi connectivity index (χ3v) is 3.13. The Bertz CT molecular complexity index is 656. The van der Waals surface area contributed by atoms with E-state index in [4.69, 9.17) is 0 Å². The van der Waals surface area contributed by atoms with Crippen LogP contribution in [0.2, 0.25) is 0 Å². The lowest BCUT2D eigenvalue weighted by Crippen LogP contribution is -2.21. The molecule has 2 amide bonds. The number of rotatable bonds is 7. The van der Waals surface area contributed by atoms with Crippen LogP contribution in [0.4, 0.5) is 17.1 Å². The Kier molecular flexibility index (Phi) is 6.17. The summed E-state index contributed by atoms with van der Waals surface area (Å²) >= 11 is 0. The minimum atomic E-state index is -0.128. The fourth-order valence-electron chi connectivity index (χ4n) is 2.07. The van der Waals surface area contributed by atoms with E-state index >= 15 is 0 Å². The van der Waals surface area contributed by atoms with Crippen molar-refractivity contribution in [3.63, 3.8) is 0 Å². The minimum Gasteiger partial charge on any atom is -0.376 e. The molecule has 0 aromatic heterocycles. The van der Waals surface area contributed by atoms with Gasteiger partial charge in [-0.3, -0.25) is 9.59 Å². The van der Waals surface area contributed by atoms with Crippen LogP contribution in [-0.4, -0.2) is 18.4 Å². The van der Waals surface area contributed by atoms with Crippen LogP contribution >= 0.6 is 0 Å². The van der Waals surface area contributed by atoms with Crippen LogP contribution in [0.5, 0.6) is 0 Å². The SMILES string of the molecule is CCCC(=O)Nc1cccc(NCC(=O)Nc2ccccc2)c1. The van der Waals surface area contributed by atoms with Gasteiger partial charge in [-0.2, -0.15) is 0 Å². The standard InChI is InChI=1S/C18H21N3O2/c1-2-7-17(22)21-16-11-6-10-15(12-16)19-13-18(23)20-14-8-4-3-5-9-14/h3-6,8-12,19H,2,7,13H2,1H3,(H,20,23)(H,21,22). The molecule has 0 spiro atoms. The molecule has 0 bridgehead atoms. The van der Waals surface area contributed by atoms with E-state index in [-0.39, 0.29) is 18.4 Å². The summed E-state index contributed by atoms with van der Waals surface area (Å²) in [4.78, 5) is 23.5. The van der Waals surface area contributed by atoms with Crippen molar-refractivity contribution in [3.05, 3.63) is 54.6 Å². The molecule has 0 saturated heterocycles. The van der Waals surface area contributed by atoms with Crippen LogP contribution in [-0.2, 0) is 9.59 Å². The van der Waals surface area contributed by atoms with Gasteiger partial charge in [-0.05, 0) is 36.8 Å². The first-order valence-corrected chi connectivity index (χ1v) is 7.66. The molecule has 120 valence electrons. The van der Waals surface area contributed by atoms with Crippen molar-refractivity contribution in [2.24, 2.45) is 0 Å². The van der Waals surface area contributed by atoms with Gasteiger partial charge < -0.3 is 16.0 Å². The molecule has 5 heteroatoms. The molecule has 0 saturated carbocycles. The molecule has 0 fully saturated rings. The fraction of sp³-hybridized carbons (Fsp3) is 0.222. The van der Waals surface area contributed by atoms with Gasteiger partial charge in [-0.15, -0.1) is 0 Å². The molecule has 5 nitrogen and oxygen atoms in total. The predicted molar refractivity (Wildman–Crippen MR) is 93.5 cm³/mol. The number of carbonyl (C=O) groups excluding carboxylic acids is 2. The Labute approximate surface area is 136 Å². The first-order chi connectivity index (χ1) is 11.2.